The van der Waals surface area contributed by atoms with Gasteiger partial charge in [0.15, 0.2) is 0 Å². The monoisotopic (exact) mass is 436 g/mol. The molecule has 1 aromatic carbocycles. The number of nitrogens with zero attached hydrogens (tertiary/aromatic N) is 3. The van der Waals surface area contributed by atoms with E-state index in [1.165, 1.54) is 5.57 Å². The van der Waals surface area contributed by atoms with E-state index in [-0.39, 0.29) is 22.8 Å². The van der Waals surface area contributed by atoms with Crippen LogP contribution in [0, 0.1) is 5.41 Å². The lowest BCUT2D eigenvalue weighted by Gasteiger charge is -2.18. The number of hydrogen-bond acceptors (Lipinski definition) is 4. The molecule has 0 aliphatic carbocycles. The number of aliphatic imine (C=N–C) groups is 1. The fourth-order valence-corrected chi connectivity index (χ4v) is 3.11. The lowest BCUT2D eigenvalue weighted by molar-refractivity contribution is 0.101. The van der Waals surface area contributed by atoms with Crippen molar-refractivity contribution in [1.29, 1.82) is 0 Å². The summed E-state index contributed by atoms with van der Waals surface area (Å²) in [6, 6.07) is 8.37. The summed E-state index contributed by atoms with van der Waals surface area (Å²) in [5.74, 6) is 0.316. The molecule has 8 nitrogen and oxygen atoms in total. The van der Waals surface area contributed by atoms with Crippen molar-refractivity contribution in [2.75, 3.05) is 17.2 Å². The Bertz CT molecular complexity index is 1080. The first-order valence-corrected chi connectivity index (χ1v) is 10.6. The van der Waals surface area contributed by atoms with Gasteiger partial charge in [-0.2, -0.15) is 5.10 Å². The Morgan fingerprint density at radius 3 is 2.00 bits per heavy atom. The minimum absolute atomic E-state index is 0.0213. The Morgan fingerprint density at radius 2 is 1.50 bits per heavy atom. The summed E-state index contributed by atoms with van der Waals surface area (Å²) in [4.78, 5) is 29.3. The third-order valence-electron chi connectivity index (χ3n) is 5.22. The smallest absolute Gasteiger partial charge is 0.321 e. The molecule has 0 radical (unpaired) electrons. The molecule has 0 saturated heterocycles. The molecule has 1 aromatic heterocycles. The normalized spacial score (nSPS) is 14.0. The largest absolute Gasteiger partial charge is 0.324 e. The summed E-state index contributed by atoms with van der Waals surface area (Å²) in [6.45, 7) is 13.1. The minimum atomic E-state index is -0.364. The van der Waals surface area contributed by atoms with Crippen molar-refractivity contribution in [3.63, 3.8) is 0 Å². The third kappa shape index (κ3) is 5.63. The minimum Gasteiger partial charge on any atom is -0.321 e. The molecule has 0 saturated carbocycles. The lowest BCUT2D eigenvalue weighted by atomic mass is 9.87. The summed E-state index contributed by atoms with van der Waals surface area (Å²) in [5.41, 5.74) is 3.62. The molecule has 170 valence electrons. The van der Waals surface area contributed by atoms with Gasteiger partial charge in [0.1, 0.15) is 11.5 Å². The van der Waals surface area contributed by atoms with Crippen LogP contribution in [0.1, 0.15) is 57.7 Å². The van der Waals surface area contributed by atoms with Crippen molar-refractivity contribution in [1.82, 2.24) is 15.1 Å². The molecule has 2 aromatic rings. The number of carbonyl (C=O) groups excluding carboxylic acids is 2. The summed E-state index contributed by atoms with van der Waals surface area (Å²) < 4.78 is 1.58. The van der Waals surface area contributed by atoms with Gasteiger partial charge in [-0.1, -0.05) is 41.5 Å². The number of urea groups is 1. The van der Waals surface area contributed by atoms with E-state index in [4.69, 9.17) is 0 Å². The van der Waals surface area contributed by atoms with Crippen molar-refractivity contribution in [3.8, 4) is 0 Å². The van der Waals surface area contributed by atoms with Crippen LogP contribution in [0.4, 0.5) is 16.2 Å². The van der Waals surface area contributed by atoms with Crippen LogP contribution in [0.15, 0.2) is 47.0 Å². The topological polar surface area (TPSA) is 100 Å². The number of anilines is 2. The average molecular weight is 437 g/mol. The molecule has 0 bridgehead atoms. The van der Waals surface area contributed by atoms with Crippen LogP contribution >= 0.6 is 0 Å². The maximum Gasteiger partial charge on any atom is 0.324 e. The van der Waals surface area contributed by atoms with Crippen molar-refractivity contribution >= 4 is 29.1 Å². The lowest BCUT2D eigenvalue weighted by Crippen LogP contribution is -2.32. The summed E-state index contributed by atoms with van der Waals surface area (Å²) in [6.07, 6.45) is 1.92. The molecule has 0 unspecified atom stereocenters. The summed E-state index contributed by atoms with van der Waals surface area (Å²) >= 11 is 0. The highest BCUT2D eigenvalue weighted by atomic mass is 16.2. The van der Waals surface area contributed by atoms with Crippen molar-refractivity contribution in [2.24, 2.45) is 17.5 Å². The molecule has 32 heavy (non-hydrogen) atoms. The molecular weight excluding hydrogens is 404 g/mol. The Morgan fingerprint density at radius 1 is 0.906 bits per heavy atom. The number of carbonyl (C=O) groups is 2. The summed E-state index contributed by atoms with van der Waals surface area (Å²) in [5, 5.41) is 12.8. The van der Waals surface area contributed by atoms with Gasteiger partial charge in [-0.25, -0.2) is 4.79 Å². The number of nitrogens with one attached hydrogen (secondary N) is 3. The number of amides is 3. The predicted molar refractivity (Wildman–Crippen MR) is 128 cm³/mol. The van der Waals surface area contributed by atoms with E-state index >= 15 is 0 Å². The molecule has 0 spiro atoms. The molecular formula is C24H32N6O2. The second-order valence-corrected chi connectivity index (χ2v) is 10.0. The number of aromatic nitrogens is 2. The second kappa shape index (κ2) is 8.61. The first kappa shape index (κ1) is 23.2. The standard InChI is InChI=1S/C24H32N6O2/c1-23(2,3)15-12-20(25-14-15)28-22(32)27-17-10-8-16(9-11-17)26-21(31)18-13-19(24(4,5)6)29-30(18)7/h8-13H,14H2,1-7H3,(H,26,31)(H2,25,27,28,32). The van der Waals surface area contributed by atoms with Crippen molar-refractivity contribution in [3.05, 3.63) is 53.4 Å². The van der Waals surface area contributed by atoms with E-state index in [0.717, 1.165) is 5.69 Å². The SMILES string of the molecule is Cn1nc(C(C)(C)C)cc1C(=O)Nc1ccc(NC(=O)NC2=NCC(C(C)(C)C)=C2)cc1. The van der Waals surface area contributed by atoms with Gasteiger partial charge in [0.05, 0.1) is 12.2 Å². The fourth-order valence-electron chi connectivity index (χ4n) is 3.11. The average Bonchev–Trinajstić information content (AvgIpc) is 3.29. The number of hydrogen-bond donors (Lipinski definition) is 3. The van der Waals surface area contributed by atoms with E-state index in [1.54, 1.807) is 42.1 Å². The molecule has 0 fully saturated rings. The highest BCUT2D eigenvalue weighted by Crippen LogP contribution is 2.27. The Balaban J connectivity index is 1.58. The van der Waals surface area contributed by atoms with Gasteiger partial charge in [0, 0.05) is 23.8 Å². The van der Waals surface area contributed by atoms with E-state index in [9.17, 15) is 9.59 Å². The molecule has 3 amide bonds. The zero-order chi connectivity index (χ0) is 23.7. The van der Waals surface area contributed by atoms with Gasteiger partial charge < -0.3 is 10.6 Å². The Kier molecular flexibility index (Phi) is 6.25. The summed E-state index contributed by atoms with van der Waals surface area (Å²) in [7, 11) is 1.75. The second-order valence-electron chi connectivity index (χ2n) is 10.0. The predicted octanol–water partition coefficient (Wildman–Crippen LogP) is 4.48. The first-order valence-electron chi connectivity index (χ1n) is 10.6. The van der Waals surface area contributed by atoms with Crippen LogP contribution in [0.25, 0.3) is 0 Å². The van der Waals surface area contributed by atoms with Crippen molar-refractivity contribution in [2.45, 2.75) is 47.0 Å². The van der Waals surface area contributed by atoms with Crippen LogP contribution in [0.2, 0.25) is 0 Å². The highest BCUT2D eigenvalue weighted by molar-refractivity contribution is 6.09. The van der Waals surface area contributed by atoms with Crippen LogP contribution in [0.3, 0.4) is 0 Å². The number of aryl methyl sites for hydroxylation is 1. The van der Waals surface area contributed by atoms with Gasteiger partial charge in [0.2, 0.25) is 0 Å². The number of benzene rings is 1. The Hall–Kier alpha value is -3.42. The van der Waals surface area contributed by atoms with E-state index in [0.29, 0.717) is 29.4 Å². The first-order chi connectivity index (χ1) is 14.8. The van der Waals surface area contributed by atoms with Gasteiger partial charge in [-0.05, 0) is 47.4 Å². The van der Waals surface area contributed by atoms with E-state index < -0.39 is 0 Å². The molecule has 3 N–H and O–H groups in total. The van der Waals surface area contributed by atoms with Gasteiger partial charge >= 0.3 is 6.03 Å². The van der Waals surface area contributed by atoms with Crippen LogP contribution in [-0.2, 0) is 12.5 Å². The molecule has 1 aliphatic heterocycles. The van der Waals surface area contributed by atoms with Gasteiger partial charge in [0.25, 0.3) is 5.91 Å². The fraction of sp³-hybridized carbons (Fsp3) is 0.417. The molecule has 3 rings (SSSR count). The zero-order valence-corrected chi connectivity index (χ0v) is 19.8. The maximum absolute atomic E-state index is 12.7. The molecule has 2 heterocycles. The highest BCUT2D eigenvalue weighted by Gasteiger charge is 2.23. The van der Waals surface area contributed by atoms with Gasteiger partial charge in [-0.3, -0.25) is 19.8 Å². The zero-order valence-electron chi connectivity index (χ0n) is 19.8. The van der Waals surface area contributed by atoms with Crippen molar-refractivity contribution < 1.29 is 9.59 Å². The van der Waals surface area contributed by atoms with Crippen LogP contribution < -0.4 is 16.0 Å². The molecule has 0 atom stereocenters. The Labute approximate surface area is 189 Å². The molecule has 8 heteroatoms. The van der Waals surface area contributed by atoms with E-state index in [2.05, 4.69) is 67.6 Å². The number of rotatable bonds is 3. The quantitative estimate of drug-likeness (QED) is 0.661. The molecule has 1 aliphatic rings. The van der Waals surface area contributed by atoms with Crippen LogP contribution in [-0.4, -0.2) is 34.1 Å². The third-order valence-corrected chi connectivity index (χ3v) is 5.22. The number of amidine groups is 1. The van der Waals surface area contributed by atoms with E-state index in [1.807, 2.05) is 6.08 Å². The van der Waals surface area contributed by atoms with Gasteiger partial charge in [-0.15, -0.1) is 0 Å². The van der Waals surface area contributed by atoms with Crippen LogP contribution in [0.5, 0.6) is 0 Å². The maximum atomic E-state index is 12.7.